The van der Waals surface area contributed by atoms with Gasteiger partial charge in [-0.1, -0.05) is 26.7 Å². The summed E-state index contributed by atoms with van der Waals surface area (Å²) in [5.74, 6) is 0. The molecule has 0 fully saturated rings. The molecule has 0 radical (unpaired) electrons. The molecule has 0 heterocycles. The second kappa shape index (κ2) is 4.40. The lowest BCUT2D eigenvalue weighted by molar-refractivity contribution is 0.615. The summed E-state index contributed by atoms with van der Waals surface area (Å²) in [5.41, 5.74) is 0. The van der Waals surface area contributed by atoms with Crippen LogP contribution in [0.3, 0.4) is 0 Å². The lowest BCUT2D eigenvalue weighted by atomic mass is 10.1. The van der Waals surface area contributed by atoms with E-state index in [0.29, 0.717) is 0 Å². The van der Waals surface area contributed by atoms with Crippen LogP contribution in [0.1, 0.15) is 39.5 Å². The molecule has 0 aliphatic heterocycles. The van der Waals surface area contributed by atoms with Crippen LogP contribution in [0.5, 0.6) is 0 Å². The van der Waals surface area contributed by atoms with Crippen LogP contribution in [-0.2, 0) is 0 Å². The van der Waals surface area contributed by atoms with Gasteiger partial charge in [0.1, 0.15) is 4.33 Å². The SMILES string of the molecule is CCCC(Cl)(Cl)CCC. The zero-order valence-electron chi connectivity index (χ0n) is 6.08. The summed E-state index contributed by atoms with van der Waals surface area (Å²) < 4.78 is -0.455. The predicted molar refractivity (Wildman–Crippen MR) is 44.3 cm³/mol. The summed E-state index contributed by atoms with van der Waals surface area (Å²) in [7, 11) is 0. The van der Waals surface area contributed by atoms with Crippen molar-refractivity contribution in [2.45, 2.75) is 43.9 Å². The first kappa shape index (κ1) is 9.58. The first-order valence-corrected chi connectivity index (χ1v) is 4.26. The molecule has 0 spiro atoms. The van der Waals surface area contributed by atoms with E-state index in [1.165, 1.54) is 0 Å². The Morgan fingerprint density at radius 3 is 1.56 bits per heavy atom. The molecule has 0 aromatic rings. The molecule has 0 saturated carbocycles. The summed E-state index contributed by atoms with van der Waals surface area (Å²) in [6.07, 6.45) is 3.94. The summed E-state index contributed by atoms with van der Waals surface area (Å²) >= 11 is 11.8. The van der Waals surface area contributed by atoms with Gasteiger partial charge in [-0.15, -0.1) is 23.2 Å². The van der Waals surface area contributed by atoms with Gasteiger partial charge in [-0.3, -0.25) is 0 Å². The summed E-state index contributed by atoms with van der Waals surface area (Å²) in [4.78, 5) is 0. The van der Waals surface area contributed by atoms with Gasteiger partial charge in [-0.05, 0) is 12.8 Å². The molecule has 0 atom stereocenters. The van der Waals surface area contributed by atoms with Gasteiger partial charge in [-0.25, -0.2) is 0 Å². The van der Waals surface area contributed by atoms with Crippen LogP contribution in [0.25, 0.3) is 0 Å². The largest absolute Gasteiger partial charge is 0.118 e. The van der Waals surface area contributed by atoms with Gasteiger partial charge < -0.3 is 0 Å². The van der Waals surface area contributed by atoms with E-state index in [9.17, 15) is 0 Å². The van der Waals surface area contributed by atoms with Gasteiger partial charge in [0.15, 0.2) is 0 Å². The van der Waals surface area contributed by atoms with Crippen molar-refractivity contribution in [3.8, 4) is 0 Å². The molecular formula is C7H14Cl2. The zero-order valence-corrected chi connectivity index (χ0v) is 7.60. The van der Waals surface area contributed by atoms with Crippen molar-refractivity contribution in [1.29, 1.82) is 0 Å². The van der Waals surface area contributed by atoms with E-state index in [-0.39, 0.29) is 0 Å². The molecule has 0 N–H and O–H groups in total. The lowest BCUT2D eigenvalue weighted by Crippen LogP contribution is -2.10. The fourth-order valence-electron chi connectivity index (χ4n) is 0.857. The number of alkyl halides is 2. The maximum atomic E-state index is 5.90. The Balaban J connectivity index is 3.43. The maximum Gasteiger partial charge on any atom is 0.118 e. The second-order valence-corrected chi connectivity index (χ2v) is 4.00. The Bertz CT molecular complexity index is 61.3. The van der Waals surface area contributed by atoms with E-state index in [1.807, 2.05) is 0 Å². The third kappa shape index (κ3) is 5.05. The van der Waals surface area contributed by atoms with Crippen LogP contribution >= 0.6 is 23.2 Å². The zero-order chi connectivity index (χ0) is 7.33. The highest BCUT2D eigenvalue weighted by molar-refractivity contribution is 6.48. The third-order valence-electron chi connectivity index (χ3n) is 1.23. The van der Waals surface area contributed by atoms with Crippen molar-refractivity contribution >= 4 is 23.2 Å². The first-order chi connectivity index (χ1) is 4.12. The number of hydrogen-bond acceptors (Lipinski definition) is 0. The Labute approximate surface area is 67.5 Å². The third-order valence-corrected chi connectivity index (χ3v) is 1.99. The van der Waals surface area contributed by atoms with Gasteiger partial charge in [0.2, 0.25) is 0 Å². The Morgan fingerprint density at radius 1 is 1.00 bits per heavy atom. The number of halogens is 2. The molecule has 2 heteroatoms. The van der Waals surface area contributed by atoms with Gasteiger partial charge in [-0.2, -0.15) is 0 Å². The minimum Gasteiger partial charge on any atom is -0.102 e. The summed E-state index contributed by atoms with van der Waals surface area (Å²) in [6.45, 7) is 4.18. The molecule has 0 aliphatic rings. The molecule has 9 heavy (non-hydrogen) atoms. The van der Waals surface area contributed by atoms with Crippen LogP contribution < -0.4 is 0 Å². The normalized spacial score (nSPS) is 12.0. The van der Waals surface area contributed by atoms with Crippen molar-refractivity contribution < 1.29 is 0 Å². The molecule has 0 bridgehead atoms. The van der Waals surface area contributed by atoms with Crippen molar-refractivity contribution in [3.63, 3.8) is 0 Å². The summed E-state index contributed by atoms with van der Waals surface area (Å²) in [5, 5.41) is 0. The molecule has 0 rings (SSSR count). The Kier molecular flexibility index (Phi) is 4.69. The van der Waals surface area contributed by atoms with E-state index in [1.54, 1.807) is 0 Å². The summed E-state index contributed by atoms with van der Waals surface area (Å²) in [6, 6.07) is 0. The van der Waals surface area contributed by atoms with Crippen molar-refractivity contribution in [3.05, 3.63) is 0 Å². The van der Waals surface area contributed by atoms with Gasteiger partial charge >= 0.3 is 0 Å². The van der Waals surface area contributed by atoms with Gasteiger partial charge in [0.05, 0.1) is 0 Å². The quantitative estimate of drug-likeness (QED) is 0.562. The highest BCUT2D eigenvalue weighted by atomic mass is 35.5. The Hall–Kier alpha value is 0.580. The maximum absolute atomic E-state index is 5.90. The fraction of sp³-hybridized carbons (Fsp3) is 1.00. The minimum absolute atomic E-state index is 0.455. The topological polar surface area (TPSA) is 0 Å². The highest BCUT2D eigenvalue weighted by Gasteiger charge is 2.20. The smallest absolute Gasteiger partial charge is 0.102 e. The van der Waals surface area contributed by atoms with Crippen molar-refractivity contribution in [2.75, 3.05) is 0 Å². The monoisotopic (exact) mass is 168 g/mol. The lowest BCUT2D eigenvalue weighted by Gasteiger charge is -2.16. The minimum atomic E-state index is -0.455. The van der Waals surface area contributed by atoms with Crippen LogP contribution in [0.4, 0.5) is 0 Å². The first-order valence-electron chi connectivity index (χ1n) is 3.50. The van der Waals surface area contributed by atoms with Gasteiger partial charge in [0, 0.05) is 0 Å². The fourth-order valence-corrected chi connectivity index (χ4v) is 1.61. The molecule has 56 valence electrons. The van der Waals surface area contributed by atoms with Crippen LogP contribution in [0, 0.1) is 0 Å². The van der Waals surface area contributed by atoms with E-state index >= 15 is 0 Å². The molecule has 0 nitrogen and oxygen atoms in total. The van der Waals surface area contributed by atoms with Gasteiger partial charge in [0.25, 0.3) is 0 Å². The van der Waals surface area contributed by atoms with E-state index in [0.717, 1.165) is 25.7 Å². The molecule has 0 aromatic heterocycles. The highest BCUT2D eigenvalue weighted by Crippen LogP contribution is 2.31. The molecule has 0 aromatic carbocycles. The molecule has 0 saturated heterocycles. The van der Waals surface area contributed by atoms with E-state index < -0.39 is 4.33 Å². The molecular weight excluding hydrogens is 155 g/mol. The second-order valence-electron chi connectivity index (χ2n) is 2.36. The van der Waals surface area contributed by atoms with Crippen LogP contribution in [-0.4, -0.2) is 4.33 Å². The average Bonchev–Trinajstić information content (AvgIpc) is 1.64. The van der Waals surface area contributed by atoms with Crippen LogP contribution in [0.15, 0.2) is 0 Å². The van der Waals surface area contributed by atoms with Crippen molar-refractivity contribution in [1.82, 2.24) is 0 Å². The molecule has 0 amide bonds. The molecule has 0 unspecified atom stereocenters. The number of hydrogen-bond donors (Lipinski definition) is 0. The van der Waals surface area contributed by atoms with Crippen molar-refractivity contribution in [2.24, 2.45) is 0 Å². The Morgan fingerprint density at radius 2 is 1.33 bits per heavy atom. The molecule has 0 aliphatic carbocycles. The van der Waals surface area contributed by atoms with Crippen LogP contribution in [0.2, 0.25) is 0 Å². The predicted octanol–water partition coefficient (Wildman–Crippen LogP) is 3.76. The average molecular weight is 169 g/mol. The standard InChI is InChI=1S/C7H14Cl2/c1-3-5-7(8,9)6-4-2/h3-6H2,1-2H3. The number of rotatable bonds is 4. The van der Waals surface area contributed by atoms with E-state index in [4.69, 9.17) is 23.2 Å². The van der Waals surface area contributed by atoms with E-state index in [2.05, 4.69) is 13.8 Å².